The van der Waals surface area contributed by atoms with Gasteiger partial charge in [-0.1, -0.05) is 127 Å². The van der Waals surface area contributed by atoms with Gasteiger partial charge in [0.1, 0.15) is 11.3 Å². The summed E-state index contributed by atoms with van der Waals surface area (Å²) in [5, 5.41) is 1.14. The zero-order valence-electron chi connectivity index (χ0n) is 25.8. The summed E-state index contributed by atoms with van der Waals surface area (Å²) in [5.74, 6) is 1.05. The Hall–Kier alpha value is -5.60. The fourth-order valence-corrected chi connectivity index (χ4v) is 8.70. The van der Waals surface area contributed by atoms with Crippen LogP contribution in [0.25, 0.3) is 49.9 Å². The Morgan fingerprint density at radius 2 is 1.11 bits per heavy atom. The van der Waals surface area contributed by atoms with Crippen LogP contribution in [0.5, 0.6) is 0 Å². The second kappa shape index (κ2) is 8.99. The van der Waals surface area contributed by atoms with Gasteiger partial charge in [-0.2, -0.15) is 0 Å². The van der Waals surface area contributed by atoms with Gasteiger partial charge in [0, 0.05) is 22.1 Å². The molecule has 10 rings (SSSR count). The Morgan fingerprint density at radius 3 is 1.85 bits per heavy atom. The van der Waals surface area contributed by atoms with E-state index in [-0.39, 0.29) is 5.41 Å². The Kier molecular flexibility index (Phi) is 5.02. The van der Waals surface area contributed by atoms with E-state index in [1.54, 1.807) is 0 Å². The van der Waals surface area contributed by atoms with Crippen molar-refractivity contribution in [3.8, 4) is 27.9 Å². The maximum Gasteiger partial charge on any atom is 0.161 e. The minimum absolute atomic E-state index is 0.210. The highest BCUT2D eigenvalue weighted by molar-refractivity contribution is 6.13. The molecular weight excluding hydrogens is 558 g/mol. The monoisotopic (exact) mass is 589 g/mol. The SMILES string of the molecule is CC1(C)c2ccccc2-c2c1oc1c3ccccc3n(-c3ccc4c(c3)-c3ccccc3C4(c3ccccc3)c3ccccc3)c21. The standard InChI is InChI=1S/C44H31NO/c1-43(2)35-22-12-10-20-32(35)39-40-41(46-42(39)43)33-21-11-14-24-38(33)45(40)30-25-26-37-34(27-30)31-19-9-13-23-36(31)44(37,28-15-5-3-6-16-28)29-17-7-4-8-18-29/h3-27H,1-2H3. The topological polar surface area (TPSA) is 18.1 Å². The number of furan rings is 1. The van der Waals surface area contributed by atoms with Crippen LogP contribution in [0, 0.1) is 0 Å². The lowest BCUT2D eigenvalue weighted by Gasteiger charge is -2.33. The average Bonchev–Trinajstić information content (AvgIpc) is 3.80. The second-order valence-electron chi connectivity index (χ2n) is 13.3. The highest BCUT2D eigenvalue weighted by atomic mass is 16.3. The van der Waals surface area contributed by atoms with Crippen molar-refractivity contribution in [3.63, 3.8) is 0 Å². The van der Waals surface area contributed by atoms with E-state index in [0.717, 1.165) is 33.5 Å². The first-order valence-electron chi connectivity index (χ1n) is 16.1. The molecule has 46 heavy (non-hydrogen) atoms. The molecule has 0 aliphatic heterocycles. The Labute approximate surface area is 268 Å². The van der Waals surface area contributed by atoms with Gasteiger partial charge in [-0.25, -0.2) is 0 Å². The molecule has 2 heterocycles. The van der Waals surface area contributed by atoms with Gasteiger partial charge < -0.3 is 8.98 Å². The number of benzene rings is 6. The van der Waals surface area contributed by atoms with E-state index in [4.69, 9.17) is 4.42 Å². The van der Waals surface area contributed by atoms with Crippen LogP contribution in [0.15, 0.2) is 156 Å². The minimum atomic E-state index is -0.416. The van der Waals surface area contributed by atoms with Crippen LogP contribution >= 0.6 is 0 Å². The Bertz CT molecular complexity index is 2450. The molecule has 0 spiro atoms. The first-order valence-corrected chi connectivity index (χ1v) is 16.1. The predicted octanol–water partition coefficient (Wildman–Crippen LogP) is 11.0. The number of nitrogens with zero attached hydrogens (tertiary/aromatic N) is 1. The van der Waals surface area contributed by atoms with Gasteiger partial charge in [0.05, 0.1) is 10.9 Å². The summed E-state index contributed by atoms with van der Waals surface area (Å²) in [5.41, 5.74) is 15.3. The normalized spacial score (nSPS) is 15.1. The largest absolute Gasteiger partial charge is 0.457 e. The van der Waals surface area contributed by atoms with E-state index < -0.39 is 5.41 Å². The fourth-order valence-electron chi connectivity index (χ4n) is 8.70. The summed E-state index contributed by atoms with van der Waals surface area (Å²) < 4.78 is 9.34. The lowest BCUT2D eigenvalue weighted by atomic mass is 9.68. The molecule has 6 aromatic carbocycles. The summed E-state index contributed by atoms with van der Waals surface area (Å²) in [6, 6.07) is 55.6. The van der Waals surface area contributed by atoms with Crippen LogP contribution in [-0.4, -0.2) is 4.57 Å². The molecule has 0 radical (unpaired) electrons. The van der Waals surface area contributed by atoms with Gasteiger partial charge in [-0.15, -0.1) is 0 Å². The van der Waals surface area contributed by atoms with Crippen LogP contribution < -0.4 is 0 Å². The van der Waals surface area contributed by atoms with Gasteiger partial charge >= 0.3 is 0 Å². The smallest absolute Gasteiger partial charge is 0.161 e. The van der Waals surface area contributed by atoms with Crippen LogP contribution in [0.3, 0.4) is 0 Å². The number of hydrogen-bond donors (Lipinski definition) is 0. The molecule has 2 heteroatoms. The number of fused-ring (bicyclic) bond motifs is 10. The molecule has 218 valence electrons. The van der Waals surface area contributed by atoms with Crippen LogP contribution in [0.2, 0.25) is 0 Å². The third-order valence-corrected chi connectivity index (χ3v) is 10.6. The number of aromatic nitrogens is 1. The first-order chi connectivity index (χ1) is 22.6. The quantitative estimate of drug-likeness (QED) is 0.200. The molecule has 0 amide bonds. The molecule has 0 N–H and O–H groups in total. The highest BCUT2D eigenvalue weighted by Crippen LogP contribution is 2.58. The van der Waals surface area contributed by atoms with Crippen molar-refractivity contribution in [3.05, 3.63) is 185 Å². The molecule has 0 saturated carbocycles. The average molecular weight is 590 g/mol. The molecule has 2 aliphatic rings. The number of rotatable bonds is 3. The third kappa shape index (κ3) is 3.06. The molecule has 0 bridgehead atoms. The van der Waals surface area contributed by atoms with E-state index in [9.17, 15) is 0 Å². The van der Waals surface area contributed by atoms with Crippen molar-refractivity contribution in [2.75, 3.05) is 0 Å². The van der Waals surface area contributed by atoms with E-state index in [1.165, 1.54) is 50.1 Å². The number of hydrogen-bond acceptors (Lipinski definition) is 1. The molecule has 2 nitrogen and oxygen atoms in total. The lowest BCUT2D eigenvalue weighted by molar-refractivity contribution is 0.466. The molecule has 0 unspecified atom stereocenters. The fraction of sp³-hybridized carbons (Fsp3) is 0.0909. The van der Waals surface area contributed by atoms with Crippen LogP contribution in [0.4, 0.5) is 0 Å². The molecule has 8 aromatic rings. The second-order valence-corrected chi connectivity index (χ2v) is 13.3. The van der Waals surface area contributed by atoms with Crippen LogP contribution in [-0.2, 0) is 10.8 Å². The van der Waals surface area contributed by atoms with Crippen molar-refractivity contribution < 1.29 is 4.42 Å². The molecule has 0 atom stereocenters. The van der Waals surface area contributed by atoms with Gasteiger partial charge in [0.2, 0.25) is 0 Å². The summed E-state index contributed by atoms with van der Waals surface area (Å²) >= 11 is 0. The molecule has 0 saturated heterocycles. The van der Waals surface area contributed by atoms with Crippen LogP contribution in [0.1, 0.15) is 47.4 Å². The molecule has 2 aliphatic carbocycles. The zero-order valence-corrected chi connectivity index (χ0v) is 25.8. The maximum absolute atomic E-state index is 6.90. The predicted molar refractivity (Wildman–Crippen MR) is 188 cm³/mol. The van der Waals surface area contributed by atoms with Crippen molar-refractivity contribution in [2.24, 2.45) is 0 Å². The first kappa shape index (κ1) is 25.7. The van der Waals surface area contributed by atoms with Gasteiger partial charge in [-0.05, 0) is 82.6 Å². The maximum atomic E-state index is 6.90. The van der Waals surface area contributed by atoms with E-state index in [0.29, 0.717) is 0 Å². The summed E-state index contributed by atoms with van der Waals surface area (Å²) in [6.07, 6.45) is 0. The van der Waals surface area contributed by atoms with Crippen molar-refractivity contribution in [1.82, 2.24) is 4.57 Å². The van der Waals surface area contributed by atoms with Gasteiger partial charge in [-0.3, -0.25) is 0 Å². The highest BCUT2D eigenvalue weighted by Gasteiger charge is 2.46. The lowest BCUT2D eigenvalue weighted by Crippen LogP contribution is -2.28. The molecular formula is C44H31NO. The van der Waals surface area contributed by atoms with E-state index in [1.807, 2.05) is 0 Å². The molecule has 2 aromatic heterocycles. The van der Waals surface area contributed by atoms with Crippen molar-refractivity contribution in [2.45, 2.75) is 24.7 Å². The summed E-state index contributed by atoms with van der Waals surface area (Å²) in [4.78, 5) is 0. The zero-order chi connectivity index (χ0) is 30.6. The Balaban J connectivity index is 1.31. The van der Waals surface area contributed by atoms with E-state index >= 15 is 0 Å². The van der Waals surface area contributed by atoms with Gasteiger partial charge in [0.25, 0.3) is 0 Å². The minimum Gasteiger partial charge on any atom is -0.457 e. The molecule has 0 fully saturated rings. The number of para-hydroxylation sites is 1. The van der Waals surface area contributed by atoms with E-state index in [2.05, 4.69) is 170 Å². The summed E-state index contributed by atoms with van der Waals surface area (Å²) in [7, 11) is 0. The Morgan fingerprint density at radius 1 is 0.522 bits per heavy atom. The van der Waals surface area contributed by atoms with Crippen molar-refractivity contribution >= 4 is 22.0 Å². The summed E-state index contributed by atoms with van der Waals surface area (Å²) in [6.45, 7) is 4.57. The van der Waals surface area contributed by atoms with Gasteiger partial charge in [0.15, 0.2) is 5.58 Å². The third-order valence-electron chi connectivity index (χ3n) is 10.6. The van der Waals surface area contributed by atoms with Crippen molar-refractivity contribution in [1.29, 1.82) is 0 Å².